The van der Waals surface area contributed by atoms with Gasteiger partial charge in [-0.15, -0.1) is 0 Å². The molecule has 0 heterocycles. The molecule has 0 aromatic carbocycles. The molecule has 0 aliphatic carbocycles. The van der Waals surface area contributed by atoms with Crippen molar-refractivity contribution in [2.75, 3.05) is 39.6 Å². The van der Waals surface area contributed by atoms with Gasteiger partial charge in [0.05, 0.1) is 26.4 Å². The number of aliphatic hydroxyl groups is 1. The Bertz CT molecular complexity index is 3140. The number of hydrogen-bond donors (Lipinski definition) is 3. The van der Waals surface area contributed by atoms with Crippen molar-refractivity contribution in [1.82, 2.24) is 0 Å². The second-order valence-corrected chi connectivity index (χ2v) is 28.7. The van der Waals surface area contributed by atoms with Gasteiger partial charge in [-0.25, -0.2) is 9.13 Å². The molecule has 0 saturated heterocycles. The van der Waals surface area contributed by atoms with Gasteiger partial charge in [0.15, 0.2) is 12.2 Å². The number of esters is 4. The summed E-state index contributed by atoms with van der Waals surface area (Å²) in [6, 6.07) is 0. The fourth-order valence-corrected chi connectivity index (χ4v) is 11.0. The number of allylic oxidation sites excluding steroid dienone is 42. The molecular formula is C93H140O17P2. The van der Waals surface area contributed by atoms with E-state index in [1.54, 1.807) is 0 Å². The third-order valence-electron chi connectivity index (χ3n) is 15.5. The Morgan fingerprint density at radius 2 is 0.455 bits per heavy atom. The summed E-state index contributed by atoms with van der Waals surface area (Å²) < 4.78 is 68.4. The Kier molecular flexibility index (Phi) is 76.2. The lowest BCUT2D eigenvalue weighted by molar-refractivity contribution is -0.161. The van der Waals surface area contributed by atoms with Gasteiger partial charge in [0.1, 0.15) is 19.3 Å². The Morgan fingerprint density at radius 1 is 0.250 bits per heavy atom. The van der Waals surface area contributed by atoms with E-state index in [2.05, 4.69) is 240 Å². The zero-order valence-electron chi connectivity index (χ0n) is 68.2. The van der Waals surface area contributed by atoms with E-state index in [9.17, 15) is 43.2 Å². The highest BCUT2D eigenvalue weighted by atomic mass is 31.2. The molecule has 0 rings (SSSR count). The van der Waals surface area contributed by atoms with Gasteiger partial charge in [-0.05, 0) is 186 Å². The van der Waals surface area contributed by atoms with Gasteiger partial charge >= 0.3 is 39.5 Å². The number of carbonyl (C=O) groups is 4. The average molecular weight is 1590 g/mol. The lowest BCUT2D eigenvalue weighted by Crippen LogP contribution is -2.30. The van der Waals surface area contributed by atoms with Crippen molar-refractivity contribution in [2.24, 2.45) is 0 Å². The van der Waals surface area contributed by atoms with E-state index in [1.165, 1.54) is 0 Å². The molecule has 17 nitrogen and oxygen atoms in total. The van der Waals surface area contributed by atoms with Gasteiger partial charge in [-0.3, -0.25) is 37.3 Å². The highest BCUT2D eigenvalue weighted by Crippen LogP contribution is 2.45. The van der Waals surface area contributed by atoms with Crippen LogP contribution >= 0.6 is 15.6 Å². The maximum absolute atomic E-state index is 13.1. The largest absolute Gasteiger partial charge is 0.472 e. The van der Waals surface area contributed by atoms with Crippen LogP contribution in [0.25, 0.3) is 0 Å². The van der Waals surface area contributed by atoms with Crippen LogP contribution in [-0.2, 0) is 65.4 Å². The first-order valence-electron chi connectivity index (χ1n) is 40.9. The van der Waals surface area contributed by atoms with Gasteiger partial charge in [0.2, 0.25) is 0 Å². The Balaban J connectivity index is 5.62. The van der Waals surface area contributed by atoms with Crippen LogP contribution in [0.4, 0.5) is 0 Å². The molecule has 112 heavy (non-hydrogen) atoms. The molecule has 0 aliphatic heterocycles. The van der Waals surface area contributed by atoms with Gasteiger partial charge in [0.25, 0.3) is 0 Å². The molecule has 0 saturated carbocycles. The zero-order chi connectivity index (χ0) is 81.7. The molecular weight excluding hydrogens is 1450 g/mol. The van der Waals surface area contributed by atoms with Crippen molar-refractivity contribution < 1.29 is 80.2 Å². The van der Waals surface area contributed by atoms with Crippen molar-refractivity contribution in [3.05, 3.63) is 255 Å². The third-order valence-corrected chi connectivity index (χ3v) is 17.4. The number of phosphoric acid groups is 2. The molecule has 0 aliphatic rings. The lowest BCUT2D eigenvalue weighted by Gasteiger charge is -2.21. The van der Waals surface area contributed by atoms with E-state index in [-0.39, 0.29) is 25.7 Å². The Labute approximate surface area is 675 Å². The van der Waals surface area contributed by atoms with Crippen LogP contribution in [0.3, 0.4) is 0 Å². The molecule has 5 unspecified atom stereocenters. The number of ether oxygens (including phenoxy) is 4. The topological polar surface area (TPSA) is 237 Å². The number of carbonyl (C=O) groups excluding carboxylic acids is 4. The molecule has 624 valence electrons. The molecule has 3 N–H and O–H groups in total. The van der Waals surface area contributed by atoms with E-state index in [1.807, 2.05) is 42.5 Å². The van der Waals surface area contributed by atoms with Crippen LogP contribution in [0.15, 0.2) is 255 Å². The minimum Gasteiger partial charge on any atom is -0.462 e. The van der Waals surface area contributed by atoms with Gasteiger partial charge in [0, 0.05) is 25.7 Å². The minimum absolute atomic E-state index is 0.00644. The van der Waals surface area contributed by atoms with Crippen LogP contribution < -0.4 is 0 Å². The van der Waals surface area contributed by atoms with Crippen molar-refractivity contribution >= 4 is 39.5 Å². The van der Waals surface area contributed by atoms with E-state index >= 15 is 0 Å². The van der Waals surface area contributed by atoms with Gasteiger partial charge in [-0.2, -0.15) is 0 Å². The monoisotopic (exact) mass is 1590 g/mol. The molecule has 0 fully saturated rings. The summed E-state index contributed by atoms with van der Waals surface area (Å²) in [4.78, 5) is 73.1. The first-order chi connectivity index (χ1) is 54.7. The normalized spacial score (nSPS) is 15.1. The molecule has 0 aromatic rings. The van der Waals surface area contributed by atoms with Crippen molar-refractivity contribution in [1.29, 1.82) is 0 Å². The summed E-state index contributed by atoms with van der Waals surface area (Å²) in [6.45, 7) is 4.10. The third kappa shape index (κ3) is 80.6. The smallest absolute Gasteiger partial charge is 0.462 e. The number of rotatable bonds is 73. The second-order valence-electron chi connectivity index (χ2n) is 25.8. The van der Waals surface area contributed by atoms with Gasteiger partial charge < -0.3 is 33.8 Å². The second kappa shape index (κ2) is 81.6. The first kappa shape index (κ1) is 105. The summed E-state index contributed by atoms with van der Waals surface area (Å²) in [5, 5.41) is 10.7. The van der Waals surface area contributed by atoms with E-state index in [0.29, 0.717) is 44.9 Å². The zero-order valence-corrected chi connectivity index (χ0v) is 70.0. The van der Waals surface area contributed by atoms with Crippen LogP contribution in [0, 0.1) is 0 Å². The van der Waals surface area contributed by atoms with E-state index in [4.69, 9.17) is 37.0 Å². The number of aliphatic hydroxyl groups excluding tert-OH is 1. The highest BCUT2D eigenvalue weighted by Gasteiger charge is 2.30. The maximum Gasteiger partial charge on any atom is 0.472 e. The summed E-state index contributed by atoms with van der Waals surface area (Å²) in [5.74, 6) is -2.50. The van der Waals surface area contributed by atoms with Gasteiger partial charge in [-0.1, -0.05) is 289 Å². The van der Waals surface area contributed by atoms with E-state index in [0.717, 1.165) is 148 Å². The molecule has 5 atom stereocenters. The molecule has 0 aromatic heterocycles. The fraction of sp³-hybridized carbons (Fsp3) is 0.505. The number of hydrogen-bond acceptors (Lipinski definition) is 15. The summed E-state index contributed by atoms with van der Waals surface area (Å²) >= 11 is 0. The SMILES string of the molecule is CC/C=C\C/C=C\C/C=C\C/C=C\C/C=C\C/C=C\CCC(=O)OCC(COP(=O)(O)OCC(O)COP(=O)(O)OCC(COC(=O)CCCCC/C=C\C/C=C\C/C=C\C/C=C\C/C=C\CC)OC(=O)CCCC/C=C\C/C=C\C/C=C\C/C=C\CC)OC(=O)CC/C=C\C/C=C\C/C=C\C/C=C\C/C=C\C/C=C\CC. The molecule has 0 spiro atoms. The maximum atomic E-state index is 13.1. The van der Waals surface area contributed by atoms with E-state index < -0.39 is 97.5 Å². The lowest BCUT2D eigenvalue weighted by atomic mass is 10.1. The molecule has 0 amide bonds. The minimum atomic E-state index is -5.04. The van der Waals surface area contributed by atoms with Crippen molar-refractivity contribution in [3.63, 3.8) is 0 Å². The quantitative estimate of drug-likeness (QED) is 0.0169. The summed E-state index contributed by atoms with van der Waals surface area (Å²) in [7, 11) is -10.1. The van der Waals surface area contributed by atoms with Crippen LogP contribution in [0.2, 0.25) is 0 Å². The molecule has 0 radical (unpaired) electrons. The Hall–Kier alpha value is -7.40. The summed E-state index contributed by atoms with van der Waals surface area (Å²) in [5.41, 5.74) is 0. The number of phosphoric ester groups is 2. The fourth-order valence-electron chi connectivity index (χ4n) is 9.46. The molecule has 0 bridgehead atoms. The first-order valence-corrected chi connectivity index (χ1v) is 43.9. The van der Waals surface area contributed by atoms with Crippen LogP contribution in [0.5, 0.6) is 0 Å². The van der Waals surface area contributed by atoms with Crippen LogP contribution in [-0.4, -0.2) is 96.7 Å². The Morgan fingerprint density at radius 3 is 0.741 bits per heavy atom. The molecule has 19 heteroatoms. The van der Waals surface area contributed by atoms with Crippen molar-refractivity contribution in [3.8, 4) is 0 Å². The summed E-state index contributed by atoms with van der Waals surface area (Å²) in [6.07, 6.45) is 109. The van der Waals surface area contributed by atoms with Crippen molar-refractivity contribution in [2.45, 2.75) is 264 Å². The average Bonchev–Trinajstić information content (AvgIpc) is 0.898. The predicted molar refractivity (Wildman–Crippen MR) is 463 cm³/mol. The number of unbranched alkanes of at least 4 members (excludes halogenated alkanes) is 5. The standard InChI is InChI=1S/C93H140O17P2/c1-5-9-13-17-21-25-29-33-37-40-43-46-50-53-57-61-65-69-73-77-90(95)103-83-88(109-92(97)79-75-71-67-63-59-55-49-36-32-28-24-20-16-12-8-4)85-107-111(99,100)105-81-87(94)82-106-112(101,102)108-86-89(110-93(98)80-76-72-68-64-60-56-52-48-45-42-39-35-31-27-23-19-15-11-7-3)84-104-91(96)78-74-70-66-62-58-54-51-47-44-41-38-34-30-26-22-18-14-10-6-2/h9-16,21-28,33-39,43-49,53-54,56-60,63,66,68,70,72,87-89,94H,5-8,17-20,29-32,40-42,50-52,55,61-62,64-65,67,69,71,73-86H2,1-4H3,(H,99,100)(H,101,102)/b13-9-,14-10-,15-11-,16-12-,25-21-,26-22-,27-23-,28-24-,37-33-,38-34-,39-35-,46-43-,47-44-,48-45-,49-36-,57-53-,58-54-,60-56-,63-59-,70-66-,72-68-. The highest BCUT2D eigenvalue weighted by molar-refractivity contribution is 7.47. The predicted octanol–water partition coefficient (Wildman–Crippen LogP) is 24.5. The van der Waals surface area contributed by atoms with Crippen LogP contribution in [0.1, 0.15) is 246 Å².